The largest absolute Gasteiger partial charge is 0.382 e. The van der Waals surface area contributed by atoms with E-state index in [-0.39, 0.29) is 5.84 Å². The van der Waals surface area contributed by atoms with Crippen molar-refractivity contribution in [3.8, 4) is 0 Å². The predicted octanol–water partition coefficient (Wildman–Crippen LogP) is 0.892. The van der Waals surface area contributed by atoms with Crippen LogP contribution in [0.15, 0.2) is 12.5 Å². The normalized spacial score (nSPS) is 17.3. The average Bonchev–Trinajstić information content (AvgIpc) is 2.32. The molecular formula is C8H12N4. The standard InChI is InChI=1S/C8H12N4/c9-8(10)7-4-12(5-11-7)6-2-1-3-6/h4-6H,1-3H2,(H3,9,10). The minimum Gasteiger partial charge on any atom is -0.382 e. The molecule has 4 nitrogen and oxygen atoms in total. The van der Waals surface area contributed by atoms with Gasteiger partial charge in [-0.15, -0.1) is 0 Å². The zero-order valence-electron chi connectivity index (χ0n) is 6.83. The van der Waals surface area contributed by atoms with Gasteiger partial charge < -0.3 is 10.3 Å². The number of hydrogen-bond donors (Lipinski definition) is 2. The summed E-state index contributed by atoms with van der Waals surface area (Å²) in [5.41, 5.74) is 5.88. The van der Waals surface area contributed by atoms with Gasteiger partial charge in [-0.3, -0.25) is 5.41 Å². The molecule has 0 amide bonds. The molecule has 12 heavy (non-hydrogen) atoms. The third-order valence-corrected chi connectivity index (χ3v) is 2.37. The molecule has 0 aromatic carbocycles. The van der Waals surface area contributed by atoms with E-state index in [9.17, 15) is 0 Å². The quantitative estimate of drug-likeness (QED) is 0.503. The third kappa shape index (κ3) is 1.09. The predicted molar refractivity (Wildman–Crippen MR) is 46.1 cm³/mol. The van der Waals surface area contributed by atoms with Crippen LogP contribution in [0.4, 0.5) is 0 Å². The molecule has 3 N–H and O–H groups in total. The first kappa shape index (κ1) is 7.34. The molecule has 64 valence electrons. The van der Waals surface area contributed by atoms with Crippen molar-refractivity contribution in [3.05, 3.63) is 18.2 Å². The van der Waals surface area contributed by atoms with E-state index in [0.29, 0.717) is 11.7 Å². The van der Waals surface area contributed by atoms with Crippen LogP contribution in [0.1, 0.15) is 31.0 Å². The Morgan fingerprint density at radius 1 is 1.67 bits per heavy atom. The lowest BCUT2D eigenvalue weighted by Gasteiger charge is -2.26. The molecule has 1 aliphatic rings. The highest BCUT2D eigenvalue weighted by Crippen LogP contribution is 2.31. The van der Waals surface area contributed by atoms with Gasteiger partial charge in [-0.1, -0.05) is 0 Å². The topological polar surface area (TPSA) is 67.7 Å². The van der Waals surface area contributed by atoms with Crippen LogP contribution >= 0.6 is 0 Å². The summed E-state index contributed by atoms with van der Waals surface area (Å²) >= 11 is 0. The summed E-state index contributed by atoms with van der Waals surface area (Å²) in [5, 5.41) is 7.17. The molecule has 0 spiro atoms. The second kappa shape index (κ2) is 2.62. The summed E-state index contributed by atoms with van der Waals surface area (Å²) in [6.45, 7) is 0. The molecule has 1 heterocycles. The van der Waals surface area contributed by atoms with E-state index in [2.05, 4.69) is 9.55 Å². The lowest BCUT2D eigenvalue weighted by atomic mass is 9.93. The Bertz CT molecular complexity index is 298. The minimum absolute atomic E-state index is 0.0491. The van der Waals surface area contributed by atoms with Gasteiger partial charge in [0.1, 0.15) is 11.5 Å². The van der Waals surface area contributed by atoms with E-state index < -0.39 is 0 Å². The van der Waals surface area contributed by atoms with Gasteiger partial charge in [-0.25, -0.2) is 4.98 Å². The van der Waals surface area contributed by atoms with Crippen molar-refractivity contribution in [1.82, 2.24) is 9.55 Å². The van der Waals surface area contributed by atoms with Gasteiger partial charge in [0.25, 0.3) is 0 Å². The van der Waals surface area contributed by atoms with Gasteiger partial charge in [0, 0.05) is 12.2 Å². The van der Waals surface area contributed by atoms with Crippen molar-refractivity contribution < 1.29 is 0 Å². The molecule has 0 unspecified atom stereocenters. The molecule has 1 aromatic heterocycles. The number of hydrogen-bond acceptors (Lipinski definition) is 2. The zero-order valence-corrected chi connectivity index (χ0v) is 6.83. The van der Waals surface area contributed by atoms with Gasteiger partial charge in [0.05, 0.1) is 6.33 Å². The van der Waals surface area contributed by atoms with Crippen LogP contribution in [0, 0.1) is 5.41 Å². The van der Waals surface area contributed by atoms with Crippen LogP contribution in [0.2, 0.25) is 0 Å². The Morgan fingerprint density at radius 2 is 2.42 bits per heavy atom. The molecule has 1 fully saturated rings. The number of imidazole rings is 1. The number of amidine groups is 1. The van der Waals surface area contributed by atoms with Gasteiger partial charge in [0.15, 0.2) is 0 Å². The third-order valence-electron chi connectivity index (χ3n) is 2.37. The monoisotopic (exact) mass is 164 g/mol. The fraction of sp³-hybridized carbons (Fsp3) is 0.500. The highest BCUT2D eigenvalue weighted by molar-refractivity contribution is 5.92. The molecular weight excluding hydrogens is 152 g/mol. The molecule has 2 rings (SSSR count). The maximum Gasteiger partial charge on any atom is 0.143 e. The van der Waals surface area contributed by atoms with Gasteiger partial charge in [0.2, 0.25) is 0 Å². The summed E-state index contributed by atoms with van der Waals surface area (Å²) in [4.78, 5) is 4.03. The fourth-order valence-electron chi connectivity index (χ4n) is 1.36. The average molecular weight is 164 g/mol. The first-order valence-corrected chi connectivity index (χ1v) is 4.15. The highest BCUT2D eigenvalue weighted by Gasteiger charge is 2.19. The van der Waals surface area contributed by atoms with E-state index in [0.717, 1.165) is 0 Å². The van der Waals surface area contributed by atoms with Crippen LogP contribution in [-0.2, 0) is 0 Å². The van der Waals surface area contributed by atoms with Crippen molar-refractivity contribution >= 4 is 5.84 Å². The molecule has 0 atom stereocenters. The molecule has 0 radical (unpaired) electrons. The second-order valence-electron chi connectivity index (χ2n) is 3.20. The molecule has 0 aliphatic heterocycles. The smallest absolute Gasteiger partial charge is 0.143 e. The molecule has 1 aliphatic carbocycles. The van der Waals surface area contributed by atoms with Gasteiger partial charge in [-0.2, -0.15) is 0 Å². The molecule has 0 saturated heterocycles. The molecule has 1 saturated carbocycles. The van der Waals surface area contributed by atoms with E-state index in [1.54, 1.807) is 6.33 Å². The Kier molecular flexibility index (Phi) is 1.60. The number of rotatable bonds is 2. The lowest BCUT2D eigenvalue weighted by molar-refractivity contribution is 0.313. The fourth-order valence-corrected chi connectivity index (χ4v) is 1.36. The number of nitrogens with zero attached hydrogens (tertiary/aromatic N) is 2. The minimum atomic E-state index is 0.0491. The van der Waals surface area contributed by atoms with Crippen molar-refractivity contribution in [3.63, 3.8) is 0 Å². The number of nitrogens with one attached hydrogen (secondary N) is 1. The van der Waals surface area contributed by atoms with Crippen molar-refractivity contribution in [2.75, 3.05) is 0 Å². The lowest BCUT2D eigenvalue weighted by Crippen LogP contribution is -2.16. The molecule has 0 bridgehead atoms. The van der Waals surface area contributed by atoms with Crippen molar-refractivity contribution in [2.24, 2.45) is 5.73 Å². The first-order chi connectivity index (χ1) is 5.77. The summed E-state index contributed by atoms with van der Waals surface area (Å²) in [5.74, 6) is 0.0491. The van der Waals surface area contributed by atoms with Crippen LogP contribution in [0.3, 0.4) is 0 Å². The summed E-state index contributed by atoms with van der Waals surface area (Å²) < 4.78 is 2.06. The van der Waals surface area contributed by atoms with Crippen LogP contribution in [-0.4, -0.2) is 15.4 Å². The van der Waals surface area contributed by atoms with Crippen molar-refractivity contribution in [1.29, 1.82) is 5.41 Å². The summed E-state index contributed by atoms with van der Waals surface area (Å²) in [7, 11) is 0. The SMILES string of the molecule is N=C(N)c1cn(C2CCC2)cn1. The summed E-state index contributed by atoms with van der Waals surface area (Å²) in [6.07, 6.45) is 7.38. The van der Waals surface area contributed by atoms with Crippen LogP contribution in [0.25, 0.3) is 0 Å². The number of nitrogen functional groups attached to an aromatic ring is 1. The zero-order chi connectivity index (χ0) is 8.55. The second-order valence-corrected chi connectivity index (χ2v) is 3.20. The van der Waals surface area contributed by atoms with Gasteiger partial charge >= 0.3 is 0 Å². The van der Waals surface area contributed by atoms with Crippen LogP contribution in [0.5, 0.6) is 0 Å². The number of aromatic nitrogens is 2. The van der Waals surface area contributed by atoms with Gasteiger partial charge in [-0.05, 0) is 19.3 Å². The van der Waals surface area contributed by atoms with E-state index >= 15 is 0 Å². The first-order valence-electron chi connectivity index (χ1n) is 4.15. The molecule has 4 heteroatoms. The highest BCUT2D eigenvalue weighted by atomic mass is 15.1. The maximum atomic E-state index is 7.17. The Hall–Kier alpha value is -1.32. The van der Waals surface area contributed by atoms with E-state index in [1.165, 1.54) is 19.3 Å². The Labute approximate surface area is 70.9 Å². The van der Waals surface area contributed by atoms with Crippen molar-refractivity contribution in [2.45, 2.75) is 25.3 Å². The Morgan fingerprint density at radius 3 is 2.83 bits per heavy atom. The molecule has 1 aromatic rings. The van der Waals surface area contributed by atoms with E-state index in [1.807, 2.05) is 6.20 Å². The summed E-state index contributed by atoms with van der Waals surface area (Å²) in [6, 6.07) is 0.602. The number of nitrogens with two attached hydrogens (primary N) is 1. The Balaban J connectivity index is 2.17. The maximum absolute atomic E-state index is 7.17. The van der Waals surface area contributed by atoms with Crippen LogP contribution < -0.4 is 5.73 Å². The van der Waals surface area contributed by atoms with E-state index in [4.69, 9.17) is 11.1 Å².